The first-order chi connectivity index (χ1) is 12.9. The molecule has 7 unspecified atom stereocenters. The van der Waals surface area contributed by atoms with Crippen molar-refractivity contribution >= 4 is 5.91 Å². The highest BCUT2D eigenvalue weighted by atomic mass is 16.5. The third kappa shape index (κ3) is 3.20. The van der Waals surface area contributed by atoms with Gasteiger partial charge in [0.25, 0.3) is 0 Å². The van der Waals surface area contributed by atoms with Crippen LogP contribution in [0.4, 0.5) is 0 Å². The molecule has 0 bridgehead atoms. The maximum Gasteiger partial charge on any atom is 0.224 e. The summed E-state index contributed by atoms with van der Waals surface area (Å²) in [6.45, 7) is 15.8. The Morgan fingerprint density at radius 2 is 2.07 bits per heavy atom. The number of ether oxygens (including phenoxy) is 1. The van der Waals surface area contributed by atoms with E-state index in [0.717, 1.165) is 24.7 Å². The van der Waals surface area contributed by atoms with Gasteiger partial charge in [-0.1, -0.05) is 46.8 Å². The molecular weight excluding hydrogens is 334 g/mol. The van der Waals surface area contributed by atoms with E-state index in [4.69, 9.17) is 4.74 Å². The molecule has 1 saturated heterocycles. The second-order valence-electron chi connectivity index (χ2n) is 9.48. The lowest BCUT2D eigenvalue weighted by Gasteiger charge is -2.57. The van der Waals surface area contributed by atoms with Crippen molar-refractivity contribution < 1.29 is 9.53 Å². The molecule has 0 aromatic rings. The van der Waals surface area contributed by atoms with Crippen LogP contribution in [0.5, 0.6) is 0 Å². The summed E-state index contributed by atoms with van der Waals surface area (Å²) in [6, 6.07) is 0. The Bertz CT molecular complexity index is 612. The second-order valence-corrected chi connectivity index (χ2v) is 9.48. The van der Waals surface area contributed by atoms with Crippen LogP contribution in [0.15, 0.2) is 24.4 Å². The predicted molar refractivity (Wildman–Crippen MR) is 111 cm³/mol. The van der Waals surface area contributed by atoms with Gasteiger partial charge in [-0.3, -0.25) is 4.79 Å². The largest absolute Gasteiger partial charge is 0.374 e. The number of fused-ring (bicyclic) bond motifs is 5. The quantitative estimate of drug-likeness (QED) is 0.666. The van der Waals surface area contributed by atoms with Gasteiger partial charge in [0.15, 0.2) is 0 Å². The summed E-state index contributed by atoms with van der Waals surface area (Å²) in [5.41, 5.74) is 1.68. The summed E-state index contributed by atoms with van der Waals surface area (Å²) in [7, 11) is 0. The van der Waals surface area contributed by atoms with Crippen LogP contribution in [-0.2, 0) is 9.53 Å². The van der Waals surface area contributed by atoms with Crippen LogP contribution in [0.25, 0.3) is 0 Å². The summed E-state index contributed by atoms with van der Waals surface area (Å²) < 4.78 is 6.23. The van der Waals surface area contributed by atoms with Crippen molar-refractivity contribution in [2.75, 3.05) is 6.61 Å². The fourth-order valence-electron chi connectivity index (χ4n) is 7.12. The number of amides is 1. The molecule has 1 amide bonds. The van der Waals surface area contributed by atoms with Crippen LogP contribution in [0, 0.1) is 34.5 Å². The van der Waals surface area contributed by atoms with E-state index in [-0.39, 0.29) is 11.3 Å². The molecule has 3 heteroatoms. The van der Waals surface area contributed by atoms with Gasteiger partial charge in [0.2, 0.25) is 5.91 Å². The number of nitrogens with one attached hydrogen (secondary N) is 1. The van der Waals surface area contributed by atoms with Crippen molar-refractivity contribution in [3.8, 4) is 0 Å². The predicted octanol–water partition coefficient (Wildman–Crippen LogP) is 5.48. The van der Waals surface area contributed by atoms with E-state index in [9.17, 15) is 4.79 Å². The maximum atomic E-state index is 11.9. The molecule has 0 spiro atoms. The molecule has 1 N–H and O–H groups in total. The highest BCUT2D eigenvalue weighted by Crippen LogP contribution is 2.65. The first kappa shape index (κ1) is 20.6. The van der Waals surface area contributed by atoms with Crippen LogP contribution in [0.1, 0.15) is 73.1 Å². The van der Waals surface area contributed by atoms with Crippen molar-refractivity contribution in [3.05, 3.63) is 24.4 Å². The smallest absolute Gasteiger partial charge is 0.224 e. The normalized spacial score (nSPS) is 45.3. The zero-order valence-corrected chi connectivity index (χ0v) is 18.0. The maximum absolute atomic E-state index is 11.9. The third-order valence-electron chi connectivity index (χ3n) is 8.26. The minimum absolute atomic E-state index is 0.165. The standard InChI is InChI=1S/C22H33NO2.C2H6/c1-5-12-25-18-13-14(2)20-15-6-7-17-21(3,11-9-19(24)23-17)16(15)8-10-22(18,20)4;1-2/h5,7,14-16,18,20H,1,6,8-13H2,2-4H3,(H,23,24);1-2H3. The fourth-order valence-corrected chi connectivity index (χ4v) is 7.12. The SMILES string of the molecule is C=CCOC1CC(C)C2C3CC=C4NC(=O)CCC4(C)C3CCC12C.CC. The van der Waals surface area contributed by atoms with E-state index in [1.54, 1.807) is 0 Å². The van der Waals surface area contributed by atoms with Gasteiger partial charge in [-0.05, 0) is 61.2 Å². The lowest BCUT2D eigenvalue weighted by molar-refractivity contribution is -0.126. The molecular formula is C24H39NO2. The van der Waals surface area contributed by atoms with Crippen LogP contribution in [0.3, 0.4) is 0 Å². The van der Waals surface area contributed by atoms with Crippen LogP contribution in [-0.4, -0.2) is 18.6 Å². The number of rotatable bonds is 3. The number of allylic oxidation sites excluding steroid dienone is 2. The molecule has 3 nitrogen and oxygen atoms in total. The van der Waals surface area contributed by atoms with Crippen molar-refractivity contribution in [2.45, 2.75) is 79.2 Å². The lowest BCUT2D eigenvalue weighted by Crippen LogP contribution is -2.54. The molecule has 2 saturated carbocycles. The summed E-state index contributed by atoms with van der Waals surface area (Å²) in [4.78, 5) is 11.9. The highest BCUT2D eigenvalue weighted by Gasteiger charge is 2.61. The molecule has 3 fully saturated rings. The van der Waals surface area contributed by atoms with Crippen LogP contribution >= 0.6 is 0 Å². The van der Waals surface area contributed by atoms with E-state index in [1.165, 1.54) is 25.0 Å². The molecule has 0 aromatic carbocycles. The van der Waals surface area contributed by atoms with Crippen molar-refractivity contribution in [1.82, 2.24) is 5.32 Å². The molecule has 0 radical (unpaired) electrons. The zero-order valence-electron chi connectivity index (χ0n) is 18.0. The Labute approximate surface area is 166 Å². The third-order valence-corrected chi connectivity index (χ3v) is 8.26. The van der Waals surface area contributed by atoms with Crippen molar-refractivity contribution in [1.29, 1.82) is 0 Å². The molecule has 1 aliphatic heterocycles. The van der Waals surface area contributed by atoms with Gasteiger partial charge in [-0.25, -0.2) is 0 Å². The Morgan fingerprint density at radius 1 is 1.33 bits per heavy atom. The van der Waals surface area contributed by atoms with Gasteiger partial charge in [-0.15, -0.1) is 6.58 Å². The lowest BCUT2D eigenvalue weighted by atomic mass is 9.49. The minimum atomic E-state index is 0.165. The molecule has 27 heavy (non-hydrogen) atoms. The minimum Gasteiger partial charge on any atom is -0.374 e. The summed E-state index contributed by atoms with van der Waals surface area (Å²) in [5, 5.41) is 3.20. The topological polar surface area (TPSA) is 38.3 Å². The summed E-state index contributed by atoms with van der Waals surface area (Å²) in [5.74, 6) is 3.08. The van der Waals surface area contributed by atoms with Gasteiger partial charge >= 0.3 is 0 Å². The first-order valence-electron chi connectivity index (χ1n) is 11.1. The Morgan fingerprint density at radius 3 is 2.78 bits per heavy atom. The molecule has 1 heterocycles. The number of carbonyl (C=O) groups is 1. The Balaban J connectivity index is 0.00000102. The van der Waals surface area contributed by atoms with Gasteiger partial charge < -0.3 is 10.1 Å². The monoisotopic (exact) mass is 373 g/mol. The number of carbonyl (C=O) groups excluding carboxylic acids is 1. The molecule has 0 aromatic heterocycles. The zero-order chi connectivity index (χ0) is 19.8. The summed E-state index contributed by atoms with van der Waals surface area (Å²) >= 11 is 0. The molecule has 4 aliphatic rings. The molecule has 152 valence electrons. The number of hydrogen-bond donors (Lipinski definition) is 1. The van der Waals surface area contributed by atoms with E-state index in [1.807, 2.05) is 19.9 Å². The van der Waals surface area contributed by atoms with Crippen LogP contribution in [0.2, 0.25) is 0 Å². The average Bonchev–Trinajstić information content (AvgIpc) is 2.92. The molecule has 3 aliphatic carbocycles. The van der Waals surface area contributed by atoms with Crippen molar-refractivity contribution in [2.24, 2.45) is 34.5 Å². The van der Waals surface area contributed by atoms with Crippen molar-refractivity contribution in [3.63, 3.8) is 0 Å². The number of piperidine rings is 1. The van der Waals surface area contributed by atoms with E-state index in [0.29, 0.717) is 36.4 Å². The van der Waals surface area contributed by atoms with Gasteiger partial charge in [0.1, 0.15) is 0 Å². The van der Waals surface area contributed by atoms with E-state index >= 15 is 0 Å². The molecule has 4 rings (SSSR count). The highest BCUT2D eigenvalue weighted by molar-refractivity contribution is 5.79. The van der Waals surface area contributed by atoms with Gasteiger partial charge in [0, 0.05) is 17.5 Å². The Hall–Kier alpha value is -1.09. The Kier molecular flexibility index (Phi) is 5.91. The second kappa shape index (κ2) is 7.73. The van der Waals surface area contributed by atoms with Gasteiger partial charge in [-0.2, -0.15) is 0 Å². The average molecular weight is 374 g/mol. The van der Waals surface area contributed by atoms with Crippen LogP contribution < -0.4 is 5.32 Å². The summed E-state index contributed by atoms with van der Waals surface area (Å²) in [6.07, 6.45) is 11.1. The first-order valence-corrected chi connectivity index (χ1v) is 11.1. The fraction of sp³-hybridized carbons (Fsp3) is 0.792. The number of hydrogen-bond acceptors (Lipinski definition) is 2. The van der Waals surface area contributed by atoms with E-state index < -0.39 is 0 Å². The van der Waals surface area contributed by atoms with Gasteiger partial charge in [0.05, 0.1) is 12.7 Å². The van der Waals surface area contributed by atoms with E-state index in [2.05, 4.69) is 38.7 Å². The molecule has 7 atom stereocenters.